The Morgan fingerprint density at radius 2 is 1.94 bits per heavy atom. The molecule has 1 aliphatic rings. The van der Waals surface area contributed by atoms with Crippen LogP contribution in [0.15, 0.2) is 33.6 Å². The summed E-state index contributed by atoms with van der Waals surface area (Å²) in [6.45, 7) is 0.342. The Labute approximate surface area is 108 Å². The quantitative estimate of drug-likeness (QED) is 0.857. The molecule has 0 aliphatic carbocycles. The summed E-state index contributed by atoms with van der Waals surface area (Å²) in [6, 6.07) is 5.98. The molecule has 1 aromatic carbocycles. The lowest BCUT2D eigenvalue weighted by Crippen LogP contribution is -2.36. The molecule has 17 heavy (non-hydrogen) atoms. The van der Waals surface area contributed by atoms with Crippen LogP contribution in [0.4, 0.5) is 0 Å². The maximum absolute atomic E-state index is 11.9. The van der Waals surface area contributed by atoms with E-state index in [1.54, 1.807) is 12.1 Å². The summed E-state index contributed by atoms with van der Waals surface area (Å²) in [5.41, 5.74) is 0. The van der Waals surface area contributed by atoms with E-state index in [1.807, 2.05) is 0 Å². The van der Waals surface area contributed by atoms with Gasteiger partial charge in [0.05, 0.1) is 4.90 Å². The second kappa shape index (κ2) is 4.75. The number of hydrogen-bond acceptors (Lipinski definition) is 3. The maximum atomic E-state index is 11.9. The molecule has 2 rings (SSSR count). The second-order valence-corrected chi connectivity index (χ2v) is 6.41. The first-order valence-corrected chi connectivity index (χ1v) is 7.29. The van der Waals surface area contributed by atoms with Crippen LogP contribution in [0.5, 0.6) is 0 Å². The lowest BCUT2D eigenvalue weighted by atomic mass is 10.3. The Morgan fingerprint density at radius 1 is 1.29 bits per heavy atom. The number of hydrogen-bond donors (Lipinski definition) is 2. The van der Waals surface area contributed by atoms with Crippen molar-refractivity contribution in [1.82, 2.24) is 10.0 Å². The van der Waals surface area contributed by atoms with E-state index in [9.17, 15) is 13.2 Å². The minimum absolute atomic E-state index is 0.131. The molecule has 1 atom stereocenters. The lowest BCUT2D eigenvalue weighted by Gasteiger charge is -2.11. The van der Waals surface area contributed by atoms with E-state index in [0.717, 1.165) is 4.47 Å². The van der Waals surface area contributed by atoms with Gasteiger partial charge in [0, 0.05) is 23.5 Å². The molecule has 0 bridgehead atoms. The Balaban J connectivity index is 2.14. The fourth-order valence-corrected chi connectivity index (χ4v) is 3.09. The molecular formula is C10H11BrN2O3S. The predicted octanol–water partition coefficient (Wildman–Crippen LogP) is 0.616. The topological polar surface area (TPSA) is 75.3 Å². The Morgan fingerprint density at radius 3 is 2.47 bits per heavy atom. The average Bonchev–Trinajstić information content (AvgIpc) is 2.63. The van der Waals surface area contributed by atoms with Crippen LogP contribution in [0.1, 0.15) is 6.42 Å². The lowest BCUT2D eigenvalue weighted by molar-refractivity contribution is -0.119. The van der Waals surface area contributed by atoms with Crippen molar-refractivity contribution in [3.63, 3.8) is 0 Å². The molecule has 0 unspecified atom stereocenters. The number of halogens is 1. The van der Waals surface area contributed by atoms with Crippen LogP contribution in [0, 0.1) is 0 Å². The fraction of sp³-hybridized carbons (Fsp3) is 0.300. The van der Waals surface area contributed by atoms with Crippen molar-refractivity contribution in [2.45, 2.75) is 17.4 Å². The molecule has 1 fully saturated rings. The third-order valence-electron chi connectivity index (χ3n) is 2.42. The van der Waals surface area contributed by atoms with Gasteiger partial charge in [0.25, 0.3) is 0 Å². The van der Waals surface area contributed by atoms with Crippen molar-refractivity contribution < 1.29 is 13.2 Å². The van der Waals surface area contributed by atoms with Gasteiger partial charge in [-0.25, -0.2) is 13.1 Å². The normalized spacial score (nSPS) is 20.3. The molecule has 0 spiro atoms. The van der Waals surface area contributed by atoms with E-state index >= 15 is 0 Å². The van der Waals surface area contributed by atoms with Gasteiger partial charge in [-0.1, -0.05) is 15.9 Å². The van der Waals surface area contributed by atoms with Crippen molar-refractivity contribution in [3.8, 4) is 0 Å². The molecule has 5 nitrogen and oxygen atoms in total. The maximum Gasteiger partial charge on any atom is 0.240 e. The van der Waals surface area contributed by atoms with Gasteiger partial charge >= 0.3 is 0 Å². The van der Waals surface area contributed by atoms with Crippen LogP contribution in [-0.4, -0.2) is 26.9 Å². The smallest absolute Gasteiger partial charge is 0.240 e. The first kappa shape index (κ1) is 12.5. The third kappa shape index (κ3) is 3.05. The van der Waals surface area contributed by atoms with Gasteiger partial charge in [-0.05, 0) is 24.3 Å². The zero-order valence-corrected chi connectivity index (χ0v) is 11.2. The largest absolute Gasteiger partial charge is 0.354 e. The Bertz CT molecular complexity index is 527. The minimum Gasteiger partial charge on any atom is -0.354 e. The second-order valence-electron chi connectivity index (χ2n) is 3.78. The monoisotopic (exact) mass is 318 g/mol. The van der Waals surface area contributed by atoms with Crippen LogP contribution in [-0.2, 0) is 14.8 Å². The number of amides is 1. The van der Waals surface area contributed by atoms with Crippen LogP contribution in [0.2, 0.25) is 0 Å². The molecule has 1 aromatic rings. The van der Waals surface area contributed by atoms with E-state index in [2.05, 4.69) is 26.0 Å². The van der Waals surface area contributed by atoms with E-state index in [4.69, 9.17) is 0 Å². The highest BCUT2D eigenvalue weighted by Crippen LogP contribution is 2.15. The highest BCUT2D eigenvalue weighted by Gasteiger charge is 2.26. The molecule has 2 N–H and O–H groups in total. The first-order valence-electron chi connectivity index (χ1n) is 5.02. The van der Waals surface area contributed by atoms with E-state index in [1.165, 1.54) is 12.1 Å². The van der Waals surface area contributed by atoms with Crippen molar-refractivity contribution >= 4 is 31.9 Å². The van der Waals surface area contributed by atoms with Gasteiger partial charge < -0.3 is 5.32 Å². The van der Waals surface area contributed by atoms with Gasteiger partial charge in [0.15, 0.2) is 0 Å². The average molecular weight is 319 g/mol. The van der Waals surface area contributed by atoms with Crippen molar-refractivity contribution in [1.29, 1.82) is 0 Å². The number of carbonyl (C=O) groups is 1. The van der Waals surface area contributed by atoms with Gasteiger partial charge in [-0.15, -0.1) is 0 Å². The molecule has 0 saturated carbocycles. The van der Waals surface area contributed by atoms with Gasteiger partial charge in [-0.2, -0.15) is 0 Å². The standard InChI is InChI=1S/C10H11BrN2O3S/c11-7-1-3-9(4-2-7)17(15,16)13-8-5-10(14)12-6-8/h1-4,8,13H,5-6H2,(H,12,14)/t8-/m1/s1. The number of carbonyl (C=O) groups excluding carboxylic acids is 1. The summed E-state index contributed by atoms with van der Waals surface area (Å²) in [5.74, 6) is -0.131. The molecule has 7 heteroatoms. The van der Waals surface area contributed by atoms with Crippen molar-refractivity contribution in [2.24, 2.45) is 0 Å². The molecule has 92 valence electrons. The van der Waals surface area contributed by atoms with E-state index in [0.29, 0.717) is 6.54 Å². The summed E-state index contributed by atoms with van der Waals surface area (Å²) in [7, 11) is -3.55. The SMILES string of the molecule is O=C1C[C@@H](NS(=O)(=O)c2ccc(Br)cc2)CN1. The van der Waals surface area contributed by atoms with Crippen LogP contribution >= 0.6 is 15.9 Å². The van der Waals surface area contributed by atoms with Gasteiger partial charge in [0.2, 0.25) is 15.9 Å². The molecule has 0 radical (unpaired) electrons. The zero-order chi connectivity index (χ0) is 12.5. The number of rotatable bonds is 3. The Kier molecular flexibility index (Phi) is 3.50. The van der Waals surface area contributed by atoms with E-state index in [-0.39, 0.29) is 23.3 Å². The highest BCUT2D eigenvalue weighted by molar-refractivity contribution is 9.10. The van der Waals surface area contributed by atoms with Crippen LogP contribution in [0.25, 0.3) is 0 Å². The molecule has 0 aromatic heterocycles. The molecule has 1 aliphatic heterocycles. The molecule has 1 saturated heterocycles. The summed E-state index contributed by atoms with van der Waals surface area (Å²) >= 11 is 3.24. The van der Waals surface area contributed by atoms with Crippen LogP contribution in [0.3, 0.4) is 0 Å². The third-order valence-corrected chi connectivity index (χ3v) is 4.49. The molecule has 1 amide bonds. The summed E-state index contributed by atoms with van der Waals surface area (Å²) in [4.78, 5) is 11.2. The molecule has 1 heterocycles. The fourth-order valence-electron chi connectivity index (χ4n) is 1.59. The summed E-state index contributed by atoms with van der Waals surface area (Å²) in [6.07, 6.45) is 0.190. The predicted molar refractivity (Wildman–Crippen MR) is 65.9 cm³/mol. The minimum atomic E-state index is -3.55. The van der Waals surface area contributed by atoms with Gasteiger partial charge in [-0.3, -0.25) is 4.79 Å². The number of benzene rings is 1. The van der Waals surface area contributed by atoms with Crippen molar-refractivity contribution in [2.75, 3.05) is 6.54 Å². The summed E-state index contributed by atoms with van der Waals surface area (Å²) in [5, 5.41) is 2.58. The van der Waals surface area contributed by atoms with Crippen LogP contribution < -0.4 is 10.0 Å². The Hall–Kier alpha value is -0.920. The number of sulfonamides is 1. The van der Waals surface area contributed by atoms with Gasteiger partial charge in [0.1, 0.15) is 0 Å². The zero-order valence-electron chi connectivity index (χ0n) is 8.81. The molecular weight excluding hydrogens is 308 g/mol. The highest BCUT2D eigenvalue weighted by atomic mass is 79.9. The summed E-state index contributed by atoms with van der Waals surface area (Å²) < 4.78 is 27.2. The van der Waals surface area contributed by atoms with Crippen molar-refractivity contribution in [3.05, 3.63) is 28.7 Å². The first-order chi connectivity index (χ1) is 7.97. The number of nitrogens with one attached hydrogen (secondary N) is 2. The van der Waals surface area contributed by atoms with E-state index < -0.39 is 10.0 Å².